The molecule has 1 amide bonds. The van der Waals surface area contributed by atoms with E-state index in [1.165, 1.54) is 25.7 Å². The Bertz CT molecular complexity index is 806. The Morgan fingerprint density at radius 2 is 1.89 bits per heavy atom. The average Bonchev–Trinajstić information content (AvgIpc) is 3.33. The van der Waals surface area contributed by atoms with E-state index in [1.54, 1.807) is 13.0 Å². The number of carbonyl (C=O) groups excluding carboxylic acids is 1. The molecular formula is C21H26ClN3O2. The number of carbonyl (C=O) groups is 1. The summed E-state index contributed by atoms with van der Waals surface area (Å²) in [6.45, 7) is 3.90. The molecule has 6 heteroatoms. The first-order valence-electron chi connectivity index (χ1n) is 9.89. The van der Waals surface area contributed by atoms with Crippen molar-refractivity contribution in [3.8, 4) is 11.3 Å². The van der Waals surface area contributed by atoms with Gasteiger partial charge >= 0.3 is 0 Å². The summed E-state index contributed by atoms with van der Waals surface area (Å²) in [4.78, 5) is 15.6. The van der Waals surface area contributed by atoms with Crippen LogP contribution in [0.25, 0.3) is 11.3 Å². The zero-order valence-corrected chi connectivity index (χ0v) is 16.5. The van der Waals surface area contributed by atoms with Crippen molar-refractivity contribution in [3.63, 3.8) is 0 Å². The van der Waals surface area contributed by atoms with Crippen LogP contribution in [-0.4, -0.2) is 41.1 Å². The van der Waals surface area contributed by atoms with Crippen LogP contribution in [-0.2, 0) is 0 Å². The number of aromatic nitrogens is 1. The highest BCUT2D eigenvalue weighted by atomic mass is 35.5. The normalized spacial score (nSPS) is 19.5. The molecule has 4 rings (SSSR count). The summed E-state index contributed by atoms with van der Waals surface area (Å²) in [6.07, 6.45) is 7.37. The van der Waals surface area contributed by atoms with Gasteiger partial charge in [-0.05, 0) is 38.7 Å². The highest BCUT2D eigenvalue weighted by Crippen LogP contribution is 2.31. The number of nitrogens with one attached hydrogen (secondary N) is 1. The van der Waals surface area contributed by atoms with E-state index < -0.39 is 0 Å². The lowest BCUT2D eigenvalue weighted by molar-refractivity contribution is 0.0891. The molecule has 5 nitrogen and oxygen atoms in total. The Labute approximate surface area is 165 Å². The van der Waals surface area contributed by atoms with Crippen LogP contribution in [0.3, 0.4) is 0 Å². The van der Waals surface area contributed by atoms with E-state index in [4.69, 9.17) is 16.1 Å². The van der Waals surface area contributed by atoms with Crippen LogP contribution in [0.15, 0.2) is 28.8 Å². The molecule has 0 bridgehead atoms. The number of hydrogen-bond donors (Lipinski definition) is 1. The van der Waals surface area contributed by atoms with Crippen molar-refractivity contribution in [2.45, 2.75) is 57.5 Å². The van der Waals surface area contributed by atoms with Crippen LogP contribution >= 0.6 is 11.6 Å². The van der Waals surface area contributed by atoms with Crippen LogP contribution in [0.1, 0.15) is 54.6 Å². The van der Waals surface area contributed by atoms with E-state index in [1.807, 2.05) is 18.2 Å². The zero-order chi connectivity index (χ0) is 18.8. The van der Waals surface area contributed by atoms with Crippen LogP contribution in [0, 0.1) is 6.92 Å². The molecule has 1 saturated carbocycles. The van der Waals surface area contributed by atoms with E-state index in [2.05, 4.69) is 15.4 Å². The first-order valence-corrected chi connectivity index (χ1v) is 10.3. The van der Waals surface area contributed by atoms with Gasteiger partial charge in [0.2, 0.25) is 0 Å². The van der Waals surface area contributed by atoms with E-state index in [-0.39, 0.29) is 11.9 Å². The van der Waals surface area contributed by atoms with Gasteiger partial charge in [-0.3, -0.25) is 4.79 Å². The number of benzene rings is 1. The maximum absolute atomic E-state index is 13.0. The predicted molar refractivity (Wildman–Crippen MR) is 106 cm³/mol. The van der Waals surface area contributed by atoms with Crippen molar-refractivity contribution in [1.29, 1.82) is 0 Å². The minimum Gasteiger partial charge on any atom is -0.360 e. The quantitative estimate of drug-likeness (QED) is 0.842. The summed E-state index contributed by atoms with van der Waals surface area (Å²) in [5.41, 5.74) is 1.72. The second-order valence-corrected chi connectivity index (χ2v) is 8.07. The molecule has 2 aliphatic rings. The van der Waals surface area contributed by atoms with E-state index in [9.17, 15) is 4.79 Å². The molecule has 27 heavy (non-hydrogen) atoms. The Morgan fingerprint density at radius 1 is 1.19 bits per heavy atom. The smallest absolute Gasteiger partial charge is 0.257 e. The third-order valence-corrected chi connectivity index (χ3v) is 6.25. The highest BCUT2D eigenvalue weighted by Gasteiger charge is 2.29. The fourth-order valence-electron chi connectivity index (χ4n) is 4.41. The Balaban J connectivity index is 1.44. The highest BCUT2D eigenvalue weighted by molar-refractivity contribution is 6.33. The van der Waals surface area contributed by atoms with E-state index >= 15 is 0 Å². The van der Waals surface area contributed by atoms with E-state index in [0.29, 0.717) is 22.0 Å². The largest absolute Gasteiger partial charge is 0.360 e. The number of likely N-dealkylation sites (tertiary alicyclic amines) is 1. The van der Waals surface area contributed by atoms with Crippen LogP contribution in [0.5, 0.6) is 0 Å². The molecule has 0 unspecified atom stereocenters. The fraction of sp³-hybridized carbons (Fsp3) is 0.524. The average molecular weight is 388 g/mol. The molecular weight excluding hydrogens is 362 g/mol. The molecule has 0 atom stereocenters. The number of aryl methyl sites for hydroxylation is 1. The second-order valence-electron chi connectivity index (χ2n) is 7.66. The Hall–Kier alpha value is -1.85. The lowest BCUT2D eigenvalue weighted by Gasteiger charge is -2.36. The van der Waals surface area contributed by atoms with Gasteiger partial charge in [0.15, 0.2) is 0 Å². The number of halogens is 1. The van der Waals surface area contributed by atoms with Gasteiger partial charge < -0.3 is 14.7 Å². The molecule has 0 radical (unpaired) electrons. The number of piperidine rings is 1. The number of hydrogen-bond acceptors (Lipinski definition) is 4. The second kappa shape index (κ2) is 8.03. The molecule has 2 aromatic rings. The molecule has 0 spiro atoms. The van der Waals surface area contributed by atoms with Crippen molar-refractivity contribution in [2.24, 2.45) is 0 Å². The molecule has 144 valence electrons. The van der Waals surface area contributed by atoms with Gasteiger partial charge in [0, 0.05) is 30.7 Å². The number of nitrogens with zero attached hydrogens (tertiary/aromatic N) is 2. The molecule has 2 fully saturated rings. The van der Waals surface area contributed by atoms with Gasteiger partial charge in [-0.1, -0.05) is 47.8 Å². The Kier molecular flexibility index (Phi) is 5.50. The number of amides is 1. The maximum atomic E-state index is 13.0. The van der Waals surface area contributed by atoms with Gasteiger partial charge in [-0.25, -0.2) is 0 Å². The standard InChI is InChI=1S/C21H26ClN3O2/c1-14-19(20(24-27-14)17-8-4-5-9-18(17)22)21(26)23-15-10-12-25(13-11-15)16-6-2-3-7-16/h4-5,8-9,15-16H,2-3,6-7,10-13H2,1H3,(H,23,26). The SMILES string of the molecule is Cc1onc(-c2ccccc2Cl)c1C(=O)NC1CCN(C2CCCC2)CC1. The van der Waals surface area contributed by atoms with Crippen molar-refractivity contribution < 1.29 is 9.32 Å². The summed E-state index contributed by atoms with van der Waals surface area (Å²) < 4.78 is 5.32. The summed E-state index contributed by atoms with van der Waals surface area (Å²) in [7, 11) is 0. The monoisotopic (exact) mass is 387 g/mol. The van der Waals surface area contributed by atoms with Gasteiger partial charge in [-0.2, -0.15) is 0 Å². The molecule has 1 N–H and O–H groups in total. The van der Waals surface area contributed by atoms with Crippen LogP contribution in [0.4, 0.5) is 0 Å². The summed E-state index contributed by atoms with van der Waals surface area (Å²) in [5, 5.41) is 7.85. The van der Waals surface area contributed by atoms with Crippen molar-refractivity contribution in [3.05, 3.63) is 40.6 Å². The van der Waals surface area contributed by atoms with Gasteiger partial charge in [-0.15, -0.1) is 0 Å². The summed E-state index contributed by atoms with van der Waals surface area (Å²) in [5.74, 6) is 0.397. The van der Waals surface area contributed by atoms with Gasteiger partial charge in [0.25, 0.3) is 5.91 Å². The zero-order valence-electron chi connectivity index (χ0n) is 15.7. The third-order valence-electron chi connectivity index (χ3n) is 5.92. The van der Waals surface area contributed by atoms with Crippen LogP contribution in [0.2, 0.25) is 5.02 Å². The third kappa shape index (κ3) is 3.90. The van der Waals surface area contributed by atoms with Crippen LogP contribution < -0.4 is 5.32 Å². The molecule has 2 heterocycles. The van der Waals surface area contributed by atoms with Gasteiger partial charge in [0.05, 0.1) is 5.02 Å². The minimum atomic E-state index is -0.122. The molecule has 1 aromatic heterocycles. The molecule has 1 aliphatic carbocycles. The van der Waals surface area contributed by atoms with Crippen molar-refractivity contribution in [2.75, 3.05) is 13.1 Å². The summed E-state index contributed by atoms with van der Waals surface area (Å²) in [6, 6.07) is 8.34. The molecule has 1 saturated heterocycles. The fourth-order valence-corrected chi connectivity index (χ4v) is 4.64. The van der Waals surface area contributed by atoms with Crippen molar-refractivity contribution in [1.82, 2.24) is 15.4 Å². The van der Waals surface area contributed by atoms with Gasteiger partial charge in [0.1, 0.15) is 17.0 Å². The first-order chi connectivity index (χ1) is 13.1. The predicted octanol–water partition coefficient (Wildman–Crippen LogP) is 4.44. The van der Waals surface area contributed by atoms with E-state index in [0.717, 1.165) is 37.5 Å². The molecule has 1 aromatic carbocycles. The number of rotatable bonds is 4. The lowest BCUT2D eigenvalue weighted by atomic mass is 10.0. The lowest BCUT2D eigenvalue weighted by Crippen LogP contribution is -2.47. The minimum absolute atomic E-state index is 0.122. The first kappa shape index (κ1) is 18.5. The summed E-state index contributed by atoms with van der Waals surface area (Å²) >= 11 is 6.30. The molecule has 1 aliphatic heterocycles. The van der Waals surface area contributed by atoms with Crippen molar-refractivity contribution >= 4 is 17.5 Å². The maximum Gasteiger partial charge on any atom is 0.257 e. The Morgan fingerprint density at radius 3 is 2.59 bits per heavy atom. The topological polar surface area (TPSA) is 58.4 Å².